The van der Waals surface area contributed by atoms with Crippen molar-refractivity contribution in [2.75, 3.05) is 12.3 Å². The van der Waals surface area contributed by atoms with Gasteiger partial charge in [0.2, 0.25) is 11.7 Å². The van der Waals surface area contributed by atoms with Gasteiger partial charge >= 0.3 is 5.97 Å². The lowest BCUT2D eigenvalue weighted by Crippen LogP contribution is -2.26. The fourth-order valence-electron chi connectivity index (χ4n) is 1.05. The Balaban J connectivity index is 3.85. The van der Waals surface area contributed by atoms with Gasteiger partial charge in [0.1, 0.15) is 6.42 Å². The van der Waals surface area contributed by atoms with E-state index in [1.54, 1.807) is 20.8 Å². The van der Waals surface area contributed by atoms with Crippen LogP contribution in [0.3, 0.4) is 0 Å². The molecule has 0 saturated heterocycles. The minimum absolute atomic E-state index is 0.111. The number of carbonyl (C=O) groups excluding carboxylic acids is 4. The van der Waals surface area contributed by atoms with Crippen molar-refractivity contribution in [1.82, 2.24) is 5.32 Å². The van der Waals surface area contributed by atoms with Gasteiger partial charge in [-0.2, -0.15) is 0 Å². The highest BCUT2D eigenvalue weighted by Gasteiger charge is 2.19. The zero-order valence-electron chi connectivity index (χ0n) is 11.4. The summed E-state index contributed by atoms with van der Waals surface area (Å²) >= 11 is 0.787. The van der Waals surface area contributed by atoms with E-state index in [2.05, 4.69) is 5.32 Å². The lowest BCUT2D eigenvalue weighted by Gasteiger charge is -2.06. The van der Waals surface area contributed by atoms with Crippen molar-refractivity contribution in [2.24, 2.45) is 0 Å². The van der Waals surface area contributed by atoms with E-state index < -0.39 is 23.3 Å². The smallest absolute Gasteiger partial charge is 0.314 e. The van der Waals surface area contributed by atoms with Gasteiger partial charge in [-0.25, -0.2) is 0 Å². The van der Waals surface area contributed by atoms with Gasteiger partial charge in [0.25, 0.3) is 5.12 Å². The first-order valence-corrected chi connectivity index (χ1v) is 7.01. The number of nitrogens with one attached hydrogen (secondary N) is 1. The molecule has 1 amide bonds. The molecule has 0 aromatic rings. The van der Waals surface area contributed by atoms with Crippen molar-refractivity contribution in [3.05, 3.63) is 0 Å². The quantitative estimate of drug-likeness (QED) is 0.306. The van der Waals surface area contributed by atoms with Crippen LogP contribution < -0.4 is 5.32 Å². The van der Waals surface area contributed by atoms with Gasteiger partial charge in [-0.3, -0.25) is 19.2 Å². The van der Waals surface area contributed by atoms with Crippen LogP contribution in [0.4, 0.5) is 0 Å². The summed E-state index contributed by atoms with van der Waals surface area (Å²) in [4.78, 5) is 44.8. The molecule has 0 saturated carbocycles. The summed E-state index contributed by atoms with van der Waals surface area (Å²) in [5.74, 6) is -1.29. The number of hydrogen-bond acceptors (Lipinski definition) is 6. The molecule has 6 nitrogen and oxygen atoms in total. The zero-order valence-corrected chi connectivity index (χ0v) is 12.2. The minimum Gasteiger partial charge on any atom is -0.463 e. The Hall–Kier alpha value is -1.37. The first-order valence-electron chi connectivity index (χ1n) is 6.03. The molecule has 0 radical (unpaired) electrons. The average Bonchev–Trinajstić information content (AvgIpc) is 2.32. The first-order chi connectivity index (χ1) is 8.86. The Bertz CT molecular complexity index is 354. The van der Waals surface area contributed by atoms with E-state index >= 15 is 0 Å². The van der Waals surface area contributed by atoms with Crippen LogP contribution in [-0.4, -0.2) is 41.2 Å². The molecule has 1 N–H and O–H groups in total. The molecular formula is C12H19NO5S. The summed E-state index contributed by atoms with van der Waals surface area (Å²) in [6, 6.07) is 0. The second-order valence-electron chi connectivity index (χ2n) is 3.98. The van der Waals surface area contributed by atoms with Gasteiger partial charge < -0.3 is 10.1 Å². The monoisotopic (exact) mass is 289 g/mol. The number of carbonyl (C=O) groups is 4. The number of Topliss-reactive ketones (excluding diaryl/α,β-unsaturated/α-hetero) is 1. The van der Waals surface area contributed by atoms with Gasteiger partial charge in [0.15, 0.2) is 0 Å². The van der Waals surface area contributed by atoms with Crippen molar-refractivity contribution < 1.29 is 23.9 Å². The van der Waals surface area contributed by atoms with Gasteiger partial charge in [0, 0.05) is 18.7 Å². The van der Waals surface area contributed by atoms with E-state index in [9.17, 15) is 19.2 Å². The number of rotatable bonds is 8. The maximum Gasteiger partial charge on any atom is 0.314 e. The molecule has 0 spiro atoms. The van der Waals surface area contributed by atoms with E-state index in [0.717, 1.165) is 11.8 Å². The summed E-state index contributed by atoms with van der Waals surface area (Å²) < 4.78 is 4.76. The molecule has 0 heterocycles. The number of amides is 1. The number of esters is 1. The highest BCUT2D eigenvalue weighted by Crippen LogP contribution is 2.05. The number of ether oxygens (including phenoxy) is 1. The van der Waals surface area contributed by atoms with Crippen LogP contribution in [0.5, 0.6) is 0 Å². The molecule has 0 fully saturated rings. The largest absolute Gasteiger partial charge is 0.463 e. The summed E-state index contributed by atoms with van der Waals surface area (Å²) in [7, 11) is 0. The van der Waals surface area contributed by atoms with Crippen LogP contribution in [0, 0.1) is 0 Å². The predicted molar refractivity (Wildman–Crippen MR) is 71.6 cm³/mol. The maximum absolute atomic E-state index is 11.4. The highest BCUT2D eigenvalue weighted by molar-refractivity contribution is 8.15. The SMILES string of the molecule is CCC(=O)NCCSC(=O)C(=O)CC(=O)OC(C)C. The highest BCUT2D eigenvalue weighted by atomic mass is 32.2. The molecule has 0 aliphatic rings. The van der Waals surface area contributed by atoms with E-state index in [-0.39, 0.29) is 12.0 Å². The second kappa shape index (κ2) is 9.55. The lowest BCUT2D eigenvalue weighted by molar-refractivity contribution is -0.150. The third-order valence-electron chi connectivity index (χ3n) is 1.88. The molecule has 7 heteroatoms. The Morgan fingerprint density at radius 2 is 1.84 bits per heavy atom. The standard InChI is InChI=1S/C12H19NO5S/c1-4-10(15)13-5-6-19-12(17)9(14)7-11(16)18-8(2)3/h8H,4-7H2,1-3H3,(H,13,15). The fraction of sp³-hybridized carbons (Fsp3) is 0.667. The predicted octanol–water partition coefficient (Wildman–Crippen LogP) is 0.683. The molecule has 0 aliphatic carbocycles. The van der Waals surface area contributed by atoms with E-state index in [4.69, 9.17) is 4.74 Å². The molecule has 0 aliphatic heterocycles. The second-order valence-corrected chi connectivity index (χ2v) is 5.05. The Labute approximate surface area is 116 Å². The van der Waals surface area contributed by atoms with Crippen LogP contribution in [0.25, 0.3) is 0 Å². The third kappa shape index (κ3) is 9.24. The van der Waals surface area contributed by atoms with Crippen LogP contribution in [0.15, 0.2) is 0 Å². The summed E-state index contributed by atoms with van der Waals surface area (Å²) in [6.07, 6.45) is -0.475. The van der Waals surface area contributed by atoms with Crippen molar-refractivity contribution in [3.8, 4) is 0 Å². The fourth-order valence-corrected chi connectivity index (χ4v) is 1.67. The Kier molecular flexibility index (Phi) is 8.86. The van der Waals surface area contributed by atoms with Gasteiger partial charge in [0.05, 0.1) is 6.10 Å². The molecule has 19 heavy (non-hydrogen) atoms. The van der Waals surface area contributed by atoms with Crippen molar-refractivity contribution in [2.45, 2.75) is 39.7 Å². The molecule has 108 valence electrons. The number of hydrogen-bond donors (Lipinski definition) is 1. The van der Waals surface area contributed by atoms with Crippen molar-refractivity contribution >= 4 is 34.5 Å². The molecule has 0 aromatic heterocycles. The number of thioether (sulfide) groups is 1. The minimum atomic E-state index is -0.780. The number of ketones is 1. The van der Waals surface area contributed by atoms with E-state index in [1.165, 1.54) is 0 Å². The average molecular weight is 289 g/mol. The molecule has 0 atom stereocenters. The van der Waals surface area contributed by atoms with Crippen LogP contribution in [0.1, 0.15) is 33.6 Å². The van der Waals surface area contributed by atoms with E-state index in [0.29, 0.717) is 18.7 Å². The van der Waals surface area contributed by atoms with Crippen LogP contribution >= 0.6 is 11.8 Å². The Morgan fingerprint density at radius 1 is 1.21 bits per heavy atom. The maximum atomic E-state index is 11.4. The third-order valence-corrected chi connectivity index (χ3v) is 2.78. The first kappa shape index (κ1) is 17.6. The van der Waals surface area contributed by atoms with Gasteiger partial charge in [-0.15, -0.1) is 0 Å². The topological polar surface area (TPSA) is 89.5 Å². The summed E-state index contributed by atoms with van der Waals surface area (Å²) in [5, 5.41) is 1.89. The summed E-state index contributed by atoms with van der Waals surface area (Å²) in [6.45, 7) is 5.36. The van der Waals surface area contributed by atoms with Gasteiger partial charge in [-0.1, -0.05) is 18.7 Å². The van der Waals surface area contributed by atoms with Crippen LogP contribution in [0.2, 0.25) is 0 Å². The molecule has 0 unspecified atom stereocenters. The lowest BCUT2D eigenvalue weighted by atomic mass is 10.3. The van der Waals surface area contributed by atoms with Crippen LogP contribution in [-0.2, 0) is 23.9 Å². The normalized spacial score (nSPS) is 10.1. The molecule has 0 rings (SSSR count). The van der Waals surface area contributed by atoms with Crippen molar-refractivity contribution in [3.63, 3.8) is 0 Å². The molecule has 0 aromatic carbocycles. The van der Waals surface area contributed by atoms with E-state index in [1.807, 2.05) is 0 Å². The Morgan fingerprint density at radius 3 is 2.37 bits per heavy atom. The zero-order chi connectivity index (χ0) is 14.8. The molecule has 0 bridgehead atoms. The molecular weight excluding hydrogens is 270 g/mol. The van der Waals surface area contributed by atoms with Gasteiger partial charge in [-0.05, 0) is 13.8 Å². The summed E-state index contributed by atoms with van der Waals surface area (Å²) in [5.41, 5.74) is 0. The van der Waals surface area contributed by atoms with Crippen molar-refractivity contribution in [1.29, 1.82) is 0 Å².